The van der Waals surface area contributed by atoms with Gasteiger partial charge in [0, 0.05) is 28.9 Å². The van der Waals surface area contributed by atoms with E-state index in [0.717, 1.165) is 6.42 Å². The van der Waals surface area contributed by atoms with Crippen molar-refractivity contribution >= 4 is 11.3 Å². The van der Waals surface area contributed by atoms with Gasteiger partial charge in [-0.05, 0) is 36.3 Å². The summed E-state index contributed by atoms with van der Waals surface area (Å²) in [6, 6.07) is 7.39. The van der Waals surface area contributed by atoms with Crippen LogP contribution >= 0.6 is 11.3 Å². The molecule has 0 bridgehead atoms. The molecule has 0 saturated heterocycles. The third kappa shape index (κ3) is 2.63. The average Bonchev–Trinajstić information content (AvgIpc) is 3.06. The number of thiophene rings is 1. The minimum absolute atomic E-state index is 0.436. The van der Waals surface area contributed by atoms with E-state index in [1.54, 1.807) is 0 Å². The molecule has 19 heavy (non-hydrogen) atoms. The van der Waals surface area contributed by atoms with Crippen molar-refractivity contribution in [3.05, 3.63) is 46.0 Å². The standard InChI is InChI=1S/C16H21NOS/c1-11(2)16(15-7-4-10-19-15)17-13-5-3-6-14-12(13)8-9-18-14/h4,7-11,13,16-17H,3,5-6H2,1-2H3. The van der Waals surface area contributed by atoms with Gasteiger partial charge in [-0.2, -0.15) is 0 Å². The SMILES string of the molecule is CC(C)C(NC1CCCc2occc21)c1cccs1. The van der Waals surface area contributed by atoms with E-state index in [-0.39, 0.29) is 0 Å². The minimum Gasteiger partial charge on any atom is -0.469 e. The van der Waals surface area contributed by atoms with E-state index < -0.39 is 0 Å². The Balaban J connectivity index is 1.81. The second kappa shape index (κ2) is 5.51. The third-order valence-corrected chi connectivity index (χ3v) is 4.90. The van der Waals surface area contributed by atoms with Gasteiger partial charge in [-0.25, -0.2) is 0 Å². The molecule has 0 amide bonds. The maximum atomic E-state index is 5.58. The zero-order valence-electron chi connectivity index (χ0n) is 11.6. The lowest BCUT2D eigenvalue weighted by molar-refractivity contribution is 0.332. The summed E-state index contributed by atoms with van der Waals surface area (Å²) in [5.41, 5.74) is 1.37. The Morgan fingerprint density at radius 2 is 2.26 bits per heavy atom. The highest BCUT2D eigenvalue weighted by atomic mass is 32.1. The summed E-state index contributed by atoms with van der Waals surface area (Å²) in [4.78, 5) is 1.44. The number of nitrogens with one attached hydrogen (secondary N) is 1. The van der Waals surface area contributed by atoms with E-state index in [2.05, 4.69) is 42.7 Å². The molecule has 1 aliphatic carbocycles. The van der Waals surface area contributed by atoms with Gasteiger partial charge in [0.15, 0.2) is 0 Å². The smallest absolute Gasteiger partial charge is 0.108 e. The van der Waals surface area contributed by atoms with E-state index in [0.29, 0.717) is 18.0 Å². The quantitative estimate of drug-likeness (QED) is 0.874. The fraction of sp³-hybridized carbons (Fsp3) is 0.500. The second-order valence-corrected chi connectivity index (χ2v) is 6.63. The molecule has 3 rings (SSSR count). The first-order valence-corrected chi connectivity index (χ1v) is 7.99. The normalized spacial score (nSPS) is 20.5. The predicted molar refractivity (Wildman–Crippen MR) is 79.4 cm³/mol. The molecule has 0 saturated carbocycles. The predicted octanol–water partition coefficient (Wildman–Crippen LogP) is 4.71. The molecule has 2 aromatic heterocycles. The van der Waals surface area contributed by atoms with Gasteiger partial charge in [0.05, 0.1) is 6.26 Å². The van der Waals surface area contributed by atoms with Gasteiger partial charge >= 0.3 is 0 Å². The van der Waals surface area contributed by atoms with Gasteiger partial charge in [0.25, 0.3) is 0 Å². The first-order valence-electron chi connectivity index (χ1n) is 7.11. The summed E-state index contributed by atoms with van der Waals surface area (Å²) < 4.78 is 5.58. The average molecular weight is 275 g/mol. The fourth-order valence-corrected chi connectivity index (χ4v) is 3.91. The Bertz CT molecular complexity index is 515. The Hall–Kier alpha value is -1.06. The van der Waals surface area contributed by atoms with Crippen molar-refractivity contribution in [2.75, 3.05) is 0 Å². The van der Waals surface area contributed by atoms with E-state index in [4.69, 9.17) is 4.42 Å². The number of aryl methyl sites for hydroxylation is 1. The molecule has 2 aromatic rings. The zero-order valence-corrected chi connectivity index (χ0v) is 12.4. The van der Waals surface area contributed by atoms with E-state index in [9.17, 15) is 0 Å². The Labute approximate surface area is 118 Å². The summed E-state index contributed by atoms with van der Waals surface area (Å²) in [6.45, 7) is 4.58. The number of hydrogen-bond acceptors (Lipinski definition) is 3. The van der Waals surface area contributed by atoms with Gasteiger partial charge in [0.2, 0.25) is 0 Å². The number of hydrogen-bond donors (Lipinski definition) is 1. The molecule has 3 heteroatoms. The molecule has 1 aliphatic rings. The monoisotopic (exact) mass is 275 g/mol. The van der Waals surface area contributed by atoms with Crippen LogP contribution in [0.5, 0.6) is 0 Å². The van der Waals surface area contributed by atoms with Crippen LogP contribution in [0, 0.1) is 5.92 Å². The summed E-state index contributed by atoms with van der Waals surface area (Å²) in [7, 11) is 0. The first-order chi connectivity index (χ1) is 9.25. The minimum atomic E-state index is 0.436. The van der Waals surface area contributed by atoms with Crippen molar-refractivity contribution in [2.45, 2.75) is 45.2 Å². The highest BCUT2D eigenvalue weighted by molar-refractivity contribution is 7.10. The van der Waals surface area contributed by atoms with Crippen LogP contribution in [-0.2, 0) is 6.42 Å². The Morgan fingerprint density at radius 1 is 1.37 bits per heavy atom. The maximum absolute atomic E-state index is 5.58. The summed E-state index contributed by atoms with van der Waals surface area (Å²) in [5, 5.41) is 6.01. The van der Waals surface area contributed by atoms with Crippen molar-refractivity contribution in [1.29, 1.82) is 0 Å². The van der Waals surface area contributed by atoms with Crippen LogP contribution in [0.25, 0.3) is 0 Å². The van der Waals surface area contributed by atoms with E-state index in [1.165, 1.54) is 29.0 Å². The second-order valence-electron chi connectivity index (χ2n) is 5.65. The van der Waals surface area contributed by atoms with Crippen molar-refractivity contribution in [1.82, 2.24) is 5.32 Å². The molecule has 1 N–H and O–H groups in total. The van der Waals surface area contributed by atoms with Crippen LogP contribution in [0.1, 0.15) is 55.0 Å². The van der Waals surface area contributed by atoms with Gasteiger partial charge in [0.1, 0.15) is 5.76 Å². The molecular formula is C16H21NOS. The first kappa shape index (κ1) is 12.9. The molecule has 0 aromatic carbocycles. The zero-order chi connectivity index (χ0) is 13.2. The summed E-state index contributed by atoms with van der Waals surface area (Å²) in [6.07, 6.45) is 5.35. The van der Waals surface area contributed by atoms with Crippen molar-refractivity contribution in [2.24, 2.45) is 5.92 Å². The topological polar surface area (TPSA) is 25.2 Å². The molecular weight excluding hydrogens is 254 g/mol. The van der Waals surface area contributed by atoms with Crippen LogP contribution in [0.3, 0.4) is 0 Å². The van der Waals surface area contributed by atoms with Gasteiger partial charge in [-0.1, -0.05) is 19.9 Å². The van der Waals surface area contributed by atoms with Crippen LogP contribution in [0.15, 0.2) is 34.3 Å². The molecule has 2 unspecified atom stereocenters. The van der Waals surface area contributed by atoms with Crippen LogP contribution < -0.4 is 5.32 Å². The Morgan fingerprint density at radius 3 is 3.00 bits per heavy atom. The van der Waals surface area contributed by atoms with Gasteiger partial charge in [-0.3, -0.25) is 0 Å². The van der Waals surface area contributed by atoms with E-state index >= 15 is 0 Å². The molecule has 0 spiro atoms. The number of rotatable bonds is 4. The maximum Gasteiger partial charge on any atom is 0.108 e. The summed E-state index contributed by atoms with van der Waals surface area (Å²) >= 11 is 1.85. The molecule has 2 atom stereocenters. The lowest BCUT2D eigenvalue weighted by atomic mass is 9.91. The van der Waals surface area contributed by atoms with Crippen LogP contribution in [-0.4, -0.2) is 0 Å². The molecule has 0 radical (unpaired) electrons. The number of fused-ring (bicyclic) bond motifs is 1. The van der Waals surface area contributed by atoms with Crippen molar-refractivity contribution in [3.63, 3.8) is 0 Å². The van der Waals surface area contributed by atoms with Gasteiger partial charge < -0.3 is 9.73 Å². The molecule has 0 aliphatic heterocycles. The third-order valence-electron chi connectivity index (χ3n) is 3.95. The molecule has 2 heterocycles. The molecule has 2 nitrogen and oxygen atoms in total. The highest BCUT2D eigenvalue weighted by Gasteiger charge is 2.27. The lowest BCUT2D eigenvalue weighted by Gasteiger charge is -2.30. The van der Waals surface area contributed by atoms with Crippen LogP contribution in [0.4, 0.5) is 0 Å². The molecule has 102 valence electrons. The van der Waals surface area contributed by atoms with E-state index in [1.807, 2.05) is 17.6 Å². The highest BCUT2D eigenvalue weighted by Crippen LogP contribution is 2.35. The van der Waals surface area contributed by atoms with Crippen molar-refractivity contribution < 1.29 is 4.42 Å². The van der Waals surface area contributed by atoms with Crippen LogP contribution in [0.2, 0.25) is 0 Å². The van der Waals surface area contributed by atoms with Gasteiger partial charge in [-0.15, -0.1) is 11.3 Å². The lowest BCUT2D eigenvalue weighted by Crippen LogP contribution is -2.31. The fourth-order valence-electron chi connectivity index (χ4n) is 2.95. The van der Waals surface area contributed by atoms with Crippen molar-refractivity contribution in [3.8, 4) is 0 Å². The Kier molecular flexibility index (Phi) is 3.76. The largest absolute Gasteiger partial charge is 0.469 e. The summed E-state index contributed by atoms with van der Waals surface area (Å²) in [5.74, 6) is 1.77. The number of furan rings is 1. The molecule has 0 fully saturated rings.